The quantitative estimate of drug-likeness (QED) is 0.654. The molecule has 7 nitrogen and oxygen atoms in total. The molecule has 0 saturated heterocycles. The highest BCUT2D eigenvalue weighted by Crippen LogP contribution is 2.22. The van der Waals surface area contributed by atoms with Crippen LogP contribution < -0.4 is 10.0 Å². The Kier molecular flexibility index (Phi) is 7.61. The maximum atomic E-state index is 13.0. The molecule has 142 valence electrons. The van der Waals surface area contributed by atoms with E-state index in [1.54, 1.807) is 20.8 Å². The molecule has 10 heteroatoms. The van der Waals surface area contributed by atoms with Gasteiger partial charge in [-0.2, -0.15) is 0 Å². The highest BCUT2D eigenvalue weighted by atomic mass is 35.5. The van der Waals surface area contributed by atoms with Crippen molar-refractivity contribution in [3.05, 3.63) is 29.0 Å². The highest BCUT2D eigenvalue weighted by molar-refractivity contribution is 7.89. The van der Waals surface area contributed by atoms with E-state index in [1.807, 2.05) is 0 Å². The first-order chi connectivity index (χ1) is 11.4. The van der Waals surface area contributed by atoms with Crippen molar-refractivity contribution in [1.82, 2.24) is 10.0 Å². The third-order valence-electron chi connectivity index (χ3n) is 2.90. The second-order valence-electron chi connectivity index (χ2n) is 6.38. The van der Waals surface area contributed by atoms with Gasteiger partial charge in [-0.15, -0.1) is 0 Å². The van der Waals surface area contributed by atoms with Crippen molar-refractivity contribution in [2.45, 2.75) is 43.7 Å². The molecule has 1 atom stereocenters. The second kappa shape index (κ2) is 8.79. The third kappa shape index (κ3) is 7.55. The van der Waals surface area contributed by atoms with Gasteiger partial charge in [0.2, 0.25) is 10.0 Å². The van der Waals surface area contributed by atoms with Crippen LogP contribution in [0.15, 0.2) is 23.1 Å². The molecule has 1 aromatic rings. The Morgan fingerprint density at radius 1 is 1.40 bits per heavy atom. The van der Waals surface area contributed by atoms with Gasteiger partial charge in [0.25, 0.3) is 0 Å². The van der Waals surface area contributed by atoms with Gasteiger partial charge in [0.05, 0.1) is 18.2 Å². The fourth-order valence-corrected chi connectivity index (χ4v) is 3.59. The Morgan fingerprint density at radius 2 is 2.04 bits per heavy atom. The van der Waals surface area contributed by atoms with Gasteiger partial charge in [-0.05, 0) is 39.0 Å². The van der Waals surface area contributed by atoms with Gasteiger partial charge < -0.3 is 15.2 Å². The molecule has 0 saturated carbocycles. The van der Waals surface area contributed by atoms with Crippen LogP contribution in [0.5, 0.6) is 0 Å². The van der Waals surface area contributed by atoms with E-state index in [0.717, 1.165) is 18.2 Å². The van der Waals surface area contributed by atoms with Crippen molar-refractivity contribution in [2.75, 3.05) is 13.2 Å². The largest absolute Gasteiger partial charge is 0.449 e. The molecule has 0 aliphatic carbocycles. The predicted molar refractivity (Wildman–Crippen MR) is 91.5 cm³/mol. The van der Waals surface area contributed by atoms with Crippen molar-refractivity contribution < 1.29 is 27.4 Å². The van der Waals surface area contributed by atoms with Crippen molar-refractivity contribution in [1.29, 1.82) is 0 Å². The molecule has 3 N–H and O–H groups in total. The molecule has 25 heavy (non-hydrogen) atoms. The number of rotatable bonds is 7. The van der Waals surface area contributed by atoms with Gasteiger partial charge in [0.15, 0.2) is 0 Å². The predicted octanol–water partition coefficient (Wildman–Crippen LogP) is 2.03. The number of aliphatic hydroxyl groups is 1. The minimum atomic E-state index is -4.06. The van der Waals surface area contributed by atoms with Crippen molar-refractivity contribution >= 4 is 27.7 Å². The Balaban J connectivity index is 2.64. The van der Waals surface area contributed by atoms with Crippen molar-refractivity contribution in [3.8, 4) is 0 Å². The lowest BCUT2D eigenvalue weighted by Gasteiger charge is -2.21. The van der Waals surface area contributed by atoms with Crippen LogP contribution in [0.4, 0.5) is 9.18 Å². The molecule has 0 unspecified atom stereocenters. The van der Waals surface area contributed by atoms with Gasteiger partial charge in [-0.1, -0.05) is 11.6 Å². The van der Waals surface area contributed by atoms with E-state index in [-0.39, 0.29) is 22.9 Å². The first-order valence-electron chi connectivity index (χ1n) is 7.48. The summed E-state index contributed by atoms with van der Waals surface area (Å²) in [6.07, 6.45) is -0.597. The summed E-state index contributed by atoms with van der Waals surface area (Å²) in [7, 11) is -4.06. The summed E-state index contributed by atoms with van der Waals surface area (Å²) in [5, 5.41) is 11.6. The van der Waals surface area contributed by atoms with Crippen LogP contribution >= 0.6 is 11.6 Å². The monoisotopic (exact) mass is 396 g/mol. The lowest BCUT2D eigenvalue weighted by molar-refractivity contribution is 0.128. The van der Waals surface area contributed by atoms with Gasteiger partial charge in [0, 0.05) is 18.0 Å². The number of amides is 1. The van der Waals surface area contributed by atoms with Crippen molar-refractivity contribution in [2.24, 2.45) is 0 Å². The number of halogens is 2. The van der Waals surface area contributed by atoms with Gasteiger partial charge in [0.1, 0.15) is 10.7 Å². The zero-order valence-corrected chi connectivity index (χ0v) is 15.7. The molecule has 0 heterocycles. The maximum absolute atomic E-state index is 13.0. The molecule has 0 bridgehead atoms. The molecular formula is C15H22ClFN2O5S. The van der Waals surface area contributed by atoms with Crippen LogP contribution in [-0.2, 0) is 14.8 Å². The van der Waals surface area contributed by atoms with Crippen LogP contribution in [0.3, 0.4) is 0 Å². The van der Waals surface area contributed by atoms with Crippen LogP contribution in [-0.4, -0.2) is 44.4 Å². The lowest BCUT2D eigenvalue weighted by atomic mass is 10.1. The molecular weight excluding hydrogens is 375 g/mol. The number of aliphatic hydroxyl groups excluding tert-OH is 1. The fraction of sp³-hybridized carbons (Fsp3) is 0.533. The number of ether oxygens (including phenoxy) is 1. The second-order valence-corrected chi connectivity index (χ2v) is 8.46. The van der Waals surface area contributed by atoms with Crippen LogP contribution in [0.1, 0.15) is 27.2 Å². The number of nitrogens with one attached hydrogen (secondary N) is 2. The van der Waals surface area contributed by atoms with E-state index >= 15 is 0 Å². The molecule has 0 radical (unpaired) electrons. The summed E-state index contributed by atoms with van der Waals surface area (Å²) < 4.78 is 44.8. The molecule has 0 spiro atoms. The summed E-state index contributed by atoms with van der Waals surface area (Å²) in [6, 6.07) is 1.98. The van der Waals surface area contributed by atoms with E-state index < -0.39 is 40.1 Å². The minimum Gasteiger partial charge on any atom is -0.449 e. The number of alkyl carbamates (subject to hydrolysis) is 1. The number of carbonyl (C=O) groups excluding carboxylic acids is 1. The number of carbonyl (C=O) groups is 1. The maximum Gasteiger partial charge on any atom is 0.407 e. The van der Waals surface area contributed by atoms with Crippen molar-refractivity contribution in [3.63, 3.8) is 0 Å². The minimum absolute atomic E-state index is 0.0477. The van der Waals surface area contributed by atoms with E-state index in [9.17, 15) is 22.7 Å². The van der Waals surface area contributed by atoms with E-state index in [0.29, 0.717) is 0 Å². The zero-order chi connectivity index (χ0) is 19.3. The fourth-order valence-electron chi connectivity index (χ4n) is 1.80. The molecule has 0 aliphatic rings. The van der Waals surface area contributed by atoms with E-state index in [1.165, 1.54) is 0 Å². The first kappa shape index (κ1) is 21.6. The Bertz CT molecular complexity index is 706. The van der Waals surface area contributed by atoms with E-state index in [2.05, 4.69) is 10.0 Å². The Hall–Kier alpha value is -1.42. The molecule has 1 amide bonds. The number of hydrogen-bond donors (Lipinski definition) is 3. The van der Waals surface area contributed by atoms with Crippen LogP contribution in [0.2, 0.25) is 5.02 Å². The van der Waals surface area contributed by atoms with E-state index in [4.69, 9.17) is 16.3 Å². The van der Waals surface area contributed by atoms with Gasteiger partial charge >= 0.3 is 6.09 Å². The SMILES string of the molecule is CC(C)(C)NC(=O)OCC[C@H](CO)NS(=O)(=O)c1ccc(F)cc1Cl. The summed E-state index contributed by atoms with van der Waals surface area (Å²) in [4.78, 5) is 11.2. The lowest BCUT2D eigenvalue weighted by Crippen LogP contribution is -2.42. The summed E-state index contributed by atoms with van der Waals surface area (Å²) in [6.45, 7) is 4.73. The first-order valence-corrected chi connectivity index (χ1v) is 9.34. The van der Waals surface area contributed by atoms with Gasteiger partial charge in [-0.25, -0.2) is 22.3 Å². The number of hydrogen-bond acceptors (Lipinski definition) is 5. The van der Waals surface area contributed by atoms with Crippen LogP contribution in [0.25, 0.3) is 0 Å². The molecule has 0 aromatic heterocycles. The summed E-state index contributed by atoms with van der Waals surface area (Å²) >= 11 is 5.75. The summed E-state index contributed by atoms with van der Waals surface area (Å²) in [5.74, 6) is -0.666. The molecule has 1 rings (SSSR count). The number of benzene rings is 1. The number of sulfonamides is 1. The summed E-state index contributed by atoms with van der Waals surface area (Å²) in [5.41, 5.74) is -0.464. The zero-order valence-electron chi connectivity index (χ0n) is 14.2. The highest BCUT2D eigenvalue weighted by Gasteiger charge is 2.23. The Labute approximate surface area is 151 Å². The Morgan fingerprint density at radius 3 is 2.56 bits per heavy atom. The van der Waals surface area contributed by atoms with Crippen LogP contribution in [0, 0.1) is 5.82 Å². The normalized spacial score (nSPS) is 13.4. The standard InChI is InChI=1S/C15H22ClFN2O5S/c1-15(2,3)18-14(21)24-7-6-11(9-20)19-25(22,23)13-5-4-10(17)8-12(13)16/h4-5,8,11,19-20H,6-7,9H2,1-3H3,(H,18,21)/t11-/m1/s1. The van der Waals surface area contributed by atoms with Gasteiger partial charge in [-0.3, -0.25) is 0 Å². The average Bonchev–Trinajstić information content (AvgIpc) is 2.43. The topological polar surface area (TPSA) is 105 Å². The third-order valence-corrected chi connectivity index (χ3v) is 4.91. The smallest absolute Gasteiger partial charge is 0.407 e. The molecule has 0 fully saturated rings. The molecule has 1 aromatic carbocycles. The molecule has 0 aliphatic heterocycles. The average molecular weight is 397 g/mol.